The lowest BCUT2D eigenvalue weighted by Crippen LogP contribution is -2.30. The van der Waals surface area contributed by atoms with Crippen LogP contribution in [0.4, 0.5) is 0 Å². The molecule has 1 aromatic rings. The Balaban J connectivity index is 2.77. The van der Waals surface area contributed by atoms with Crippen molar-refractivity contribution >= 4 is 6.29 Å². The maximum atomic E-state index is 10.6. The molecule has 84 valence electrons. The van der Waals surface area contributed by atoms with Crippen LogP contribution in [0, 0.1) is 5.92 Å². The highest BCUT2D eigenvalue weighted by Gasteiger charge is 2.22. The minimum absolute atomic E-state index is 0.198. The van der Waals surface area contributed by atoms with Crippen molar-refractivity contribution in [1.29, 1.82) is 0 Å². The Kier molecular flexibility index (Phi) is 3.57. The van der Waals surface area contributed by atoms with E-state index in [4.69, 9.17) is 0 Å². The molecule has 0 aromatic carbocycles. The number of aromatic nitrogens is 3. The standard InChI is InChI=1S/C10H17N3O2/c1-8(2)5-13-9(11-7-12-13)4-10(3,15)6-14/h6-8,15H,4-5H2,1-3H3. The molecule has 1 unspecified atom stereocenters. The normalized spacial score (nSPS) is 15.3. The maximum absolute atomic E-state index is 10.6. The van der Waals surface area contributed by atoms with E-state index >= 15 is 0 Å². The van der Waals surface area contributed by atoms with Crippen LogP contribution in [0.25, 0.3) is 0 Å². The van der Waals surface area contributed by atoms with Crippen molar-refractivity contribution in [3.05, 3.63) is 12.2 Å². The van der Waals surface area contributed by atoms with Gasteiger partial charge in [-0.2, -0.15) is 5.10 Å². The third kappa shape index (κ3) is 3.43. The molecule has 1 atom stereocenters. The van der Waals surface area contributed by atoms with Crippen molar-refractivity contribution in [2.75, 3.05) is 0 Å². The number of carbonyl (C=O) groups excluding carboxylic acids is 1. The number of nitrogens with zero attached hydrogens (tertiary/aromatic N) is 3. The average Bonchev–Trinajstić information content (AvgIpc) is 2.51. The second-order valence-corrected chi connectivity index (χ2v) is 4.40. The second-order valence-electron chi connectivity index (χ2n) is 4.40. The molecule has 5 heteroatoms. The summed E-state index contributed by atoms with van der Waals surface area (Å²) >= 11 is 0. The highest BCUT2D eigenvalue weighted by molar-refractivity contribution is 5.61. The first-order valence-electron chi connectivity index (χ1n) is 5.00. The molecule has 5 nitrogen and oxygen atoms in total. The lowest BCUT2D eigenvalue weighted by Gasteiger charge is -2.16. The van der Waals surface area contributed by atoms with Crippen LogP contribution in [0.3, 0.4) is 0 Å². The molecule has 1 aromatic heterocycles. The van der Waals surface area contributed by atoms with Gasteiger partial charge in [-0.1, -0.05) is 13.8 Å². The van der Waals surface area contributed by atoms with Gasteiger partial charge >= 0.3 is 0 Å². The molecule has 0 radical (unpaired) electrons. The number of hydrogen-bond acceptors (Lipinski definition) is 4. The molecule has 1 heterocycles. The zero-order chi connectivity index (χ0) is 11.5. The van der Waals surface area contributed by atoms with Gasteiger partial charge in [0.05, 0.1) is 0 Å². The Bertz CT molecular complexity index is 331. The average molecular weight is 211 g/mol. The van der Waals surface area contributed by atoms with E-state index in [1.807, 2.05) is 0 Å². The van der Waals surface area contributed by atoms with Crippen molar-refractivity contribution in [3.8, 4) is 0 Å². The minimum atomic E-state index is -1.36. The van der Waals surface area contributed by atoms with Gasteiger partial charge in [-0.3, -0.25) is 0 Å². The van der Waals surface area contributed by atoms with E-state index in [0.717, 1.165) is 6.54 Å². The summed E-state index contributed by atoms with van der Waals surface area (Å²) in [6.45, 7) is 6.35. The summed E-state index contributed by atoms with van der Waals surface area (Å²) in [4.78, 5) is 14.6. The van der Waals surface area contributed by atoms with E-state index in [-0.39, 0.29) is 6.42 Å². The van der Waals surface area contributed by atoms with Crippen molar-refractivity contribution < 1.29 is 9.90 Å². The van der Waals surface area contributed by atoms with Gasteiger partial charge in [0.15, 0.2) is 6.29 Å². The zero-order valence-corrected chi connectivity index (χ0v) is 9.34. The van der Waals surface area contributed by atoms with Crippen molar-refractivity contribution in [2.45, 2.75) is 39.3 Å². The van der Waals surface area contributed by atoms with E-state index in [1.165, 1.54) is 13.3 Å². The molecule has 0 aliphatic rings. The lowest BCUT2D eigenvalue weighted by atomic mass is 10.0. The van der Waals surface area contributed by atoms with Crippen LogP contribution in [0.1, 0.15) is 26.6 Å². The van der Waals surface area contributed by atoms with Crippen LogP contribution in [-0.4, -0.2) is 31.8 Å². The minimum Gasteiger partial charge on any atom is -0.382 e. The number of aldehydes is 1. The van der Waals surface area contributed by atoms with E-state index < -0.39 is 5.60 Å². The van der Waals surface area contributed by atoms with Crippen LogP contribution in [0.2, 0.25) is 0 Å². The monoisotopic (exact) mass is 211 g/mol. The number of carbonyl (C=O) groups is 1. The molecule has 0 saturated carbocycles. The van der Waals surface area contributed by atoms with Crippen molar-refractivity contribution in [2.24, 2.45) is 5.92 Å². The van der Waals surface area contributed by atoms with Crippen LogP contribution in [0.15, 0.2) is 6.33 Å². The molecule has 0 aliphatic carbocycles. The number of hydrogen-bond donors (Lipinski definition) is 1. The van der Waals surface area contributed by atoms with E-state index in [2.05, 4.69) is 23.9 Å². The fourth-order valence-electron chi connectivity index (χ4n) is 1.29. The number of aliphatic hydroxyl groups is 1. The quantitative estimate of drug-likeness (QED) is 0.717. The topological polar surface area (TPSA) is 68.0 Å². The summed E-state index contributed by atoms with van der Waals surface area (Å²) in [6.07, 6.45) is 2.17. The molecule has 1 N–H and O–H groups in total. The maximum Gasteiger partial charge on any atom is 0.151 e. The summed E-state index contributed by atoms with van der Waals surface area (Å²) in [6, 6.07) is 0. The second kappa shape index (κ2) is 4.53. The Morgan fingerprint density at radius 3 is 2.87 bits per heavy atom. The van der Waals surface area contributed by atoms with Gasteiger partial charge in [-0.05, 0) is 12.8 Å². The Hall–Kier alpha value is -1.23. The van der Waals surface area contributed by atoms with Gasteiger partial charge in [0.2, 0.25) is 0 Å². The van der Waals surface area contributed by atoms with Gasteiger partial charge in [0.1, 0.15) is 17.8 Å². The first kappa shape index (κ1) is 11.8. The van der Waals surface area contributed by atoms with Crippen LogP contribution in [0.5, 0.6) is 0 Å². The third-order valence-corrected chi connectivity index (χ3v) is 2.00. The zero-order valence-electron chi connectivity index (χ0n) is 9.34. The first-order valence-corrected chi connectivity index (χ1v) is 5.00. The molecule has 0 saturated heterocycles. The molecule has 15 heavy (non-hydrogen) atoms. The smallest absolute Gasteiger partial charge is 0.151 e. The Morgan fingerprint density at radius 1 is 1.67 bits per heavy atom. The van der Waals surface area contributed by atoms with Gasteiger partial charge in [0, 0.05) is 13.0 Å². The fraction of sp³-hybridized carbons (Fsp3) is 0.700. The highest BCUT2D eigenvalue weighted by atomic mass is 16.3. The van der Waals surface area contributed by atoms with E-state index in [1.54, 1.807) is 4.68 Å². The highest BCUT2D eigenvalue weighted by Crippen LogP contribution is 2.09. The molecule has 0 fully saturated rings. The predicted octanol–water partition coefficient (Wildman–Crippen LogP) is 0.426. The summed E-state index contributed by atoms with van der Waals surface area (Å²) < 4.78 is 1.72. The summed E-state index contributed by atoms with van der Waals surface area (Å²) in [5.41, 5.74) is -1.36. The van der Waals surface area contributed by atoms with Gasteiger partial charge in [0.25, 0.3) is 0 Å². The fourth-order valence-corrected chi connectivity index (χ4v) is 1.29. The van der Waals surface area contributed by atoms with Crippen LogP contribution >= 0.6 is 0 Å². The predicted molar refractivity (Wildman–Crippen MR) is 55.3 cm³/mol. The molecular formula is C10H17N3O2. The van der Waals surface area contributed by atoms with Crippen LogP contribution in [-0.2, 0) is 17.8 Å². The van der Waals surface area contributed by atoms with Gasteiger partial charge in [-0.25, -0.2) is 9.67 Å². The summed E-state index contributed by atoms with van der Waals surface area (Å²) in [5, 5.41) is 13.7. The SMILES string of the molecule is CC(C)Cn1ncnc1CC(C)(O)C=O. The molecule has 0 amide bonds. The Labute approximate surface area is 89.1 Å². The van der Waals surface area contributed by atoms with Gasteiger partial charge < -0.3 is 9.90 Å². The third-order valence-electron chi connectivity index (χ3n) is 2.00. The van der Waals surface area contributed by atoms with E-state index in [9.17, 15) is 9.90 Å². The number of rotatable bonds is 5. The molecular weight excluding hydrogens is 194 g/mol. The summed E-state index contributed by atoms with van der Waals surface area (Å²) in [5.74, 6) is 1.09. The molecule has 0 bridgehead atoms. The Morgan fingerprint density at radius 2 is 2.33 bits per heavy atom. The largest absolute Gasteiger partial charge is 0.382 e. The lowest BCUT2D eigenvalue weighted by molar-refractivity contribution is -0.122. The summed E-state index contributed by atoms with van der Waals surface area (Å²) in [7, 11) is 0. The van der Waals surface area contributed by atoms with Crippen molar-refractivity contribution in [1.82, 2.24) is 14.8 Å². The molecule has 0 spiro atoms. The van der Waals surface area contributed by atoms with Crippen molar-refractivity contribution in [3.63, 3.8) is 0 Å². The van der Waals surface area contributed by atoms with Crippen LogP contribution < -0.4 is 0 Å². The first-order chi connectivity index (χ1) is 6.94. The van der Waals surface area contributed by atoms with Gasteiger partial charge in [-0.15, -0.1) is 0 Å². The van der Waals surface area contributed by atoms with E-state index in [0.29, 0.717) is 18.0 Å². The molecule has 0 aliphatic heterocycles. The molecule has 1 rings (SSSR count).